The lowest BCUT2D eigenvalue weighted by Gasteiger charge is -2.46. The highest BCUT2D eigenvalue weighted by Crippen LogP contribution is 2.36. The van der Waals surface area contributed by atoms with Crippen molar-refractivity contribution in [2.24, 2.45) is 0 Å². The summed E-state index contributed by atoms with van der Waals surface area (Å²) in [6, 6.07) is 26.2. The summed E-state index contributed by atoms with van der Waals surface area (Å²) in [5.41, 5.74) is 4.01. The Morgan fingerprint density at radius 2 is 1.58 bits per heavy atom. The van der Waals surface area contributed by atoms with E-state index in [1.54, 1.807) is 17.0 Å². The molecule has 38 heavy (non-hydrogen) atoms. The van der Waals surface area contributed by atoms with E-state index in [0.717, 1.165) is 21.1 Å². The van der Waals surface area contributed by atoms with Crippen molar-refractivity contribution in [3.63, 3.8) is 0 Å². The van der Waals surface area contributed by atoms with E-state index in [9.17, 15) is 14.4 Å². The highest BCUT2D eigenvalue weighted by Gasteiger charge is 2.52. The molecule has 8 nitrogen and oxygen atoms in total. The molecule has 2 heterocycles. The normalized spacial score (nSPS) is 19.4. The van der Waals surface area contributed by atoms with Gasteiger partial charge in [0.2, 0.25) is 5.91 Å². The lowest BCUT2D eigenvalue weighted by Crippen LogP contribution is -2.62. The molecule has 2 aliphatic rings. The zero-order valence-corrected chi connectivity index (χ0v) is 23.3. The second-order valence-corrected chi connectivity index (χ2v) is 10.2. The van der Waals surface area contributed by atoms with Gasteiger partial charge in [-0.25, -0.2) is 4.79 Å². The summed E-state index contributed by atoms with van der Waals surface area (Å²) in [4.78, 5) is 43.9. The molecule has 9 heteroatoms. The molecule has 1 N–H and O–H groups in total. The lowest BCUT2D eigenvalue weighted by atomic mass is 9.99. The number of piperazine rings is 1. The second kappa shape index (κ2) is 11.5. The van der Waals surface area contributed by atoms with E-state index in [1.807, 2.05) is 83.8 Å². The van der Waals surface area contributed by atoms with E-state index >= 15 is 0 Å². The van der Waals surface area contributed by atoms with Crippen LogP contribution in [0.15, 0.2) is 84.9 Å². The average Bonchev–Trinajstić information content (AvgIpc) is 3.28. The van der Waals surface area contributed by atoms with Gasteiger partial charge in [-0.05, 0) is 22.3 Å². The Hall–Kier alpha value is -3.44. The number of nitrogens with zero attached hydrogens (tertiary/aromatic N) is 4. The topological polar surface area (TPSA) is 76.2 Å². The van der Waals surface area contributed by atoms with Crippen molar-refractivity contribution >= 4 is 40.4 Å². The Bertz CT molecular complexity index is 1310. The van der Waals surface area contributed by atoms with Crippen molar-refractivity contribution in [2.45, 2.75) is 29.7 Å². The molecule has 0 radical (unpaired) electrons. The number of urea groups is 1. The minimum Gasteiger partial charge on any atom is -0.333 e. The molecule has 0 aliphatic carbocycles. The monoisotopic (exact) mass is 623 g/mol. The quantitative estimate of drug-likeness (QED) is 0.320. The number of amides is 4. The van der Waals surface area contributed by atoms with E-state index in [-0.39, 0.29) is 24.4 Å². The van der Waals surface area contributed by atoms with Gasteiger partial charge in [-0.1, -0.05) is 108 Å². The van der Waals surface area contributed by atoms with Crippen LogP contribution in [0.5, 0.6) is 0 Å². The number of carbonyl (C=O) groups is 3. The zero-order valence-electron chi connectivity index (χ0n) is 21.2. The highest BCUT2D eigenvalue weighted by atomic mass is 127. The molecule has 0 saturated carbocycles. The van der Waals surface area contributed by atoms with E-state index in [0.29, 0.717) is 19.6 Å². The summed E-state index contributed by atoms with van der Waals surface area (Å²) in [5, 5.41) is 6.18. The molecule has 0 aromatic heterocycles. The fourth-order valence-corrected chi connectivity index (χ4v) is 5.90. The Balaban J connectivity index is 1.42. The Kier molecular flexibility index (Phi) is 7.94. The first kappa shape index (κ1) is 26.2. The number of rotatable bonds is 7. The van der Waals surface area contributed by atoms with Crippen LogP contribution in [0, 0.1) is 0 Å². The fraction of sp³-hybridized carbons (Fsp3) is 0.276. The first-order chi connectivity index (χ1) is 18.5. The van der Waals surface area contributed by atoms with Crippen LogP contribution in [0.4, 0.5) is 4.79 Å². The van der Waals surface area contributed by atoms with Crippen LogP contribution in [-0.2, 0) is 27.1 Å². The second-order valence-electron chi connectivity index (χ2n) is 9.48. The average molecular weight is 623 g/mol. The van der Waals surface area contributed by atoms with Crippen molar-refractivity contribution in [1.29, 1.82) is 0 Å². The van der Waals surface area contributed by atoms with Crippen LogP contribution in [0.1, 0.15) is 28.3 Å². The summed E-state index contributed by atoms with van der Waals surface area (Å²) in [6.07, 6.45) is -0.468. The van der Waals surface area contributed by atoms with Gasteiger partial charge in [0.15, 0.2) is 0 Å². The maximum Gasteiger partial charge on any atom is 0.332 e. The summed E-state index contributed by atoms with van der Waals surface area (Å²) in [5.74, 6) is -0.283. The van der Waals surface area contributed by atoms with Crippen molar-refractivity contribution < 1.29 is 14.4 Å². The van der Waals surface area contributed by atoms with Crippen molar-refractivity contribution in [2.75, 3.05) is 20.1 Å². The maximum absolute atomic E-state index is 13.9. The standard InChI is InChI=1S/C29H30IN5O3/c1-32(29(38)31-17-21-10-4-2-5-11-21)34-20-26(36)35-25(34)19-33(18-24-15-9-8-14-23(24)16-30)28(37)27(35)22-12-6-3-7-13-22/h2-15,25,27H,16-20H2,1H3,(H,31,38)/t25-,27+/m1/s1. The van der Waals surface area contributed by atoms with Gasteiger partial charge in [-0.15, -0.1) is 0 Å². The first-order valence-corrected chi connectivity index (χ1v) is 14.1. The number of hydrazine groups is 1. The molecule has 3 aromatic carbocycles. The lowest BCUT2D eigenvalue weighted by molar-refractivity contribution is -0.157. The first-order valence-electron chi connectivity index (χ1n) is 12.6. The molecule has 196 valence electrons. The number of nitrogens with one attached hydrogen (secondary N) is 1. The molecule has 2 atom stereocenters. The van der Waals surface area contributed by atoms with Crippen molar-refractivity contribution in [1.82, 2.24) is 25.1 Å². The predicted molar refractivity (Wildman–Crippen MR) is 153 cm³/mol. The van der Waals surface area contributed by atoms with Gasteiger partial charge >= 0.3 is 6.03 Å². The summed E-state index contributed by atoms with van der Waals surface area (Å²) < 4.78 is 0.836. The molecule has 2 fully saturated rings. The highest BCUT2D eigenvalue weighted by molar-refractivity contribution is 14.1. The molecule has 2 aliphatic heterocycles. The zero-order chi connectivity index (χ0) is 26.6. The summed E-state index contributed by atoms with van der Waals surface area (Å²) in [6.45, 7) is 1.15. The van der Waals surface area contributed by atoms with Gasteiger partial charge < -0.3 is 15.1 Å². The third-order valence-corrected chi connectivity index (χ3v) is 7.98. The fourth-order valence-electron chi connectivity index (χ4n) is 5.15. The van der Waals surface area contributed by atoms with Gasteiger partial charge in [-0.3, -0.25) is 14.6 Å². The predicted octanol–water partition coefficient (Wildman–Crippen LogP) is 3.93. The van der Waals surface area contributed by atoms with Gasteiger partial charge in [0.25, 0.3) is 5.91 Å². The van der Waals surface area contributed by atoms with E-state index in [1.165, 1.54) is 10.6 Å². The molecular formula is C29H30IN5O3. The summed E-state index contributed by atoms with van der Waals surface area (Å²) in [7, 11) is 1.67. The summed E-state index contributed by atoms with van der Waals surface area (Å²) >= 11 is 2.33. The minimum atomic E-state index is -0.750. The van der Waals surface area contributed by atoms with Crippen LogP contribution in [-0.4, -0.2) is 64.0 Å². The number of alkyl halides is 1. The SMILES string of the molecule is CN(C(=O)NCc1ccccc1)N1CC(=O)N2[C@@H](c3ccccc3)C(=O)N(Cc3ccccc3CI)C[C@@H]21. The van der Waals surface area contributed by atoms with E-state index < -0.39 is 12.2 Å². The Morgan fingerprint density at radius 1 is 0.947 bits per heavy atom. The van der Waals surface area contributed by atoms with Crippen LogP contribution < -0.4 is 5.32 Å². The molecule has 0 unspecified atom stereocenters. The van der Waals surface area contributed by atoms with E-state index in [2.05, 4.69) is 34.0 Å². The maximum atomic E-state index is 13.9. The van der Waals surface area contributed by atoms with Gasteiger partial charge in [-0.2, -0.15) is 5.01 Å². The van der Waals surface area contributed by atoms with Crippen LogP contribution in [0.2, 0.25) is 0 Å². The molecule has 2 saturated heterocycles. The molecule has 0 bridgehead atoms. The van der Waals surface area contributed by atoms with E-state index in [4.69, 9.17) is 0 Å². The molecule has 0 spiro atoms. The third-order valence-electron chi connectivity index (χ3n) is 7.16. The number of hydrogen-bond donors (Lipinski definition) is 1. The van der Waals surface area contributed by atoms with Crippen LogP contribution >= 0.6 is 22.6 Å². The van der Waals surface area contributed by atoms with Crippen molar-refractivity contribution in [3.05, 3.63) is 107 Å². The van der Waals surface area contributed by atoms with Gasteiger partial charge in [0.05, 0.1) is 13.1 Å². The molecule has 4 amide bonds. The number of halogens is 1. The Labute approximate surface area is 236 Å². The third kappa shape index (κ3) is 5.25. The van der Waals surface area contributed by atoms with Gasteiger partial charge in [0, 0.05) is 24.6 Å². The number of benzene rings is 3. The Morgan fingerprint density at radius 3 is 2.26 bits per heavy atom. The molecular weight excluding hydrogens is 593 g/mol. The van der Waals surface area contributed by atoms with Gasteiger partial charge in [0.1, 0.15) is 12.2 Å². The molecule has 5 rings (SSSR count). The van der Waals surface area contributed by atoms with Crippen LogP contribution in [0.3, 0.4) is 0 Å². The smallest absolute Gasteiger partial charge is 0.332 e. The van der Waals surface area contributed by atoms with Crippen LogP contribution in [0.25, 0.3) is 0 Å². The largest absolute Gasteiger partial charge is 0.333 e. The number of fused-ring (bicyclic) bond motifs is 1. The van der Waals surface area contributed by atoms with Crippen molar-refractivity contribution in [3.8, 4) is 0 Å². The number of carbonyl (C=O) groups excluding carboxylic acids is 3. The number of hydrogen-bond acceptors (Lipinski definition) is 4. The molecule has 3 aromatic rings. The minimum absolute atomic E-state index is 0.0225.